The highest BCUT2D eigenvalue weighted by atomic mass is 35.5. The predicted molar refractivity (Wildman–Crippen MR) is 72.7 cm³/mol. The summed E-state index contributed by atoms with van der Waals surface area (Å²) in [5.41, 5.74) is 0.0850. The summed E-state index contributed by atoms with van der Waals surface area (Å²) in [6.07, 6.45) is 1.36. The monoisotopic (exact) mass is 264 g/mol. The van der Waals surface area contributed by atoms with Crippen LogP contribution in [-0.2, 0) is 4.74 Å². The van der Waals surface area contributed by atoms with E-state index in [1.807, 2.05) is 38.1 Å². The molecular weight excluding hydrogens is 248 g/mol. The molecule has 1 fully saturated rings. The third-order valence-electron chi connectivity index (χ3n) is 3.19. The van der Waals surface area contributed by atoms with Crippen molar-refractivity contribution in [2.45, 2.75) is 37.8 Å². The van der Waals surface area contributed by atoms with Crippen LogP contribution in [0.5, 0.6) is 0 Å². The van der Waals surface area contributed by atoms with Crippen molar-refractivity contribution in [2.75, 3.05) is 11.9 Å². The molecule has 0 bridgehead atoms. The topological polar surface area (TPSA) is 45.0 Å². The summed E-state index contributed by atoms with van der Waals surface area (Å²) in [5, 5.41) is 13.5. The van der Waals surface area contributed by atoms with Crippen molar-refractivity contribution < 1.29 is 4.74 Å². The van der Waals surface area contributed by atoms with Gasteiger partial charge in [-0.05, 0) is 38.1 Å². The second-order valence-corrected chi connectivity index (χ2v) is 5.80. The molecule has 1 N–H and O–H groups in total. The van der Waals surface area contributed by atoms with Gasteiger partial charge >= 0.3 is 0 Å². The van der Waals surface area contributed by atoms with Crippen molar-refractivity contribution in [3.05, 3.63) is 29.3 Å². The summed E-state index contributed by atoms with van der Waals surface area (Å²) in [6, 6.07) is 9.84. The standard InChI is InChI=1S/C14H17ClN2O/c1-13(2)9-14(10-16,7-8-18-13)17-12-5-3-11(15)4-6-12/h3-6,17H,7-9H2,1-2H3. The summed E-state index contributed by atoms with van der Waals surface area (Å²) >= 11 is 5.86. The van der Waals surface area contributed by atoms with Crippen molar-refractivity contribution in [1.29, 1.82) is 5.26 Å². The lowest BCUT2D eigenvalue weighted by Gasteiger charge is -2.41. The van der Waals surface area contributed by atoms with Gasteiger partial charge in [-0.15, -0.1) is 0 Å². The van der Waals surface area contributed by atoms with Crippen LogP contribution in [0.1, 0.15) is 26.7 Å². The van der Waals surface area contributed by atoms with Crippen molar-refractivity contribution in [3.8, 4) is 6.07 Å². The Kier molecular flexibility index (Phi) is 3.52. The first-order valence-electron chi connectivity index (χ1n) is 6.04. The van der Waals surface area contributed by atoms with Gasteiger partial charge < -0.3 is 10.1 Å². The maximum Gasteiger partial charge on any atom is 0.130 e. The molecular formula is C14H17ClN2O. The minimum atomic E-state index is -0.560. The fourth-order valence-electron chi connectivity index (χ4n) is 2.41. The van der Waals surface area contributed by atoms with E-state index >= 15 is 0 Å². The van der Waals surface area contributed by atoms with E-state index < -0.39 is 5.54 Å². The van der Waals surface area contributed by atoms with E-state index in [0.717, 1.165) is 5.69 Å². The quantitative estimate of drug-likeness (QED) is 0.888. The lowest BCUT2D eigenvalue weighted by Crippen LogP contribution is -2.49. The van der Waals surface area contributed by atoms with E-state index in [2.05, 4.69) is 11.4 Å². The first-order valence-corrected chi connectivity index (χ1v) is 6.42. The number of rotatable bonds is 2. The minimum Gasteiger partial charge on any atom is -0.375 e. The Morgan fingerprint density at radius 1 is 1.33 bits per heavy atom. The van der Waals surface area contributed by atoms with Crippen LogP contribution in [0.4, 0.5) is 5.69 Å². The van der Waals surface area contributed by atoms with Crippen LogP contribution >= 0.6 is 11.6 Å². The molecule has 1 aliphatic rings. The highest BCUT2D eigenvalue weighted by Crippen LogP contribution is 2.34. The molecule has 18 heavy (non-hydrogen) atoms. The molecule has 0 radical (unpaired) electrons. The Bertz CT molecular complexity index is 464. The SMILES string of the molecule is CC1(C)CC(C#N)(Nc2ccc(Cl)cc2)CCO1. The number of halogens is 1. The third-order valence-corrected chi connectivity index (χ3v) is 3.44. The molecule has 1 atom stereocenters. The molecule has 2 rings (SSSR count). The zero-order valence-electron chi connectivity index (χ0n) is 10.7. The van der Waals surface area contributed by atoms with E-state index in [-0.39, 0.29) is 5.60 Å². The molecule has 96 valence electrons. The Morgan fingerprint density at radius 3 is 2.56 bits per heavy atom. The summed E-state index contributed by atoms with van der Waals surface area (Å²) in [4.78, 5) is 0. The summed E-state index contributed by atoms with van der Waals surface area (Å²) < 4.78 is 5.67. The fraction of sp³-hybridized carbons (Fsp3) is 0.500. The zero-order valence-corrected chi connectivity index (χ0v) is 11.4. The third kappa shape index (κ3) is 2.95. The number of anilines is 1. The highest BCUT2D eigenvalue weighted by molar-refractivity contribution is 6.30. The van der Waals surface area contributed by atoms with Crippen LogP contribution in [0.2, 0.25) is 5.02 Å². The molecule has 1 saturated heterocycles. The van der Waals surface area contributed by atoms with Gasteiger partial charge in [0.25, 0.3) is 0 Å². The Hall–Kier alpha value is -1.24. The van der Waals surface area contributed by atoms with Gasteiger partial charge in [0.05, 0.1) is 18.3 Å². The number of hydrogen-bond acceptors (Lipinski definition) is 3. The van der Waals surface area contributed by atoms with Gasteiger partial charge in [0.1, 0.15) is 5.54 Å². The smallest absolute Gasteiger partial charge is 0.130 e. The average Bonchev–Trinajstić information content (AvgIpc) is 2.31. The molecule has 0 spiro atoms. The number of benzene rings is 1. The van der Waals surface area contributed by atoms with Gasteiger partial charge in [0, 0.05) is 23.6 Å². The molecule has 1 heterocycles. The number of hydrogen-bond donors (Lipinski definition) is 1. The Morgan fingerprint density at radius 2 is 2.00 bits per heavy atom. The number of nitrogens with one attached hydrogen (secondary N) is 1. The fourth-order valence-corrected chi connectivity index (χ4v) is 2.53. The molecule has 1 aromatic rings. The van der Waals surface area contributed by atoms with E-state index in [0.29, 0.717) is 24.5 Å². The molecule has 4 heteroatoms. The van der Waals surface area contributed by atoms with Gasteiger partial charge in [0.15, 0.2) is 0 Å². The van der Waals surface area contributed by atoms with E-state index in [4.69, 9.17) is 16.3 Å². The van der Waals surface area contributed by atoms with Crippen molar-refractivity contribution in [1.82, 2.24) is 0 Å². The van der Waals surface area contributed by atoms with Gasteiger partial charge in [0.2, 0.25) is 0 Å². The van der Waals surface area contributed by atoms with E-state index in [1.165, 1.54) is 0 Å². The summed E-state index contributed by atoms with van der Waals surface area (Å²) in [6.45, 7) is 4.63. The largest absolute Gasteiger partial charge is 0.375 e. The van der Waals surface area contributed by atoms with Gasteiger partial charge in [-0.1, -0.05) is 11.6 Å². The van der Waals surface area contributed by atoms with Gasteiger partial charge in [-0.2, -0.15) is 5.26 Å². The van der Waals surface area contributed by atoms with E-state index in [9.17, 15) is 5.26 Å². The van der Waals surface area contributed by atoms with Crippen LogP contribution in [0.25, 0.3) is 0 Å². The summed E-state index contributed by atoms with van der Waals surface area (Å²) in [7, 11) is 0. The molecule has 1 aromatic carbocycles. The van der Waals surface area contributed by atoms with Crippen LogP contribution in [0, 0.1) is 11.3 Å². The normalized spacial score (nSPS) is 26.3. The predicted octanol–water partition coefficient (Wildman–Crippen LogP) is 3.60. The lowest BCUT2D eigenvalue weighted by molar-refractivity contribution is -0.0659. The maximum absolute atomic E-state index is 9.50. The minimum absolute atomic E-state index is 0.270. The van der Waals surface area contributed by atoms with Crippen LogP contribution in [0.3, 0.4) is 0 Å². The first-order chi connectivity index (χ1) is 8.45. The number of nitriles is 1. The first kappa shape index (κ1) is 13.2. The maximum atomic E-state index is 9.50. The van der Waals surface area contributed by atoms with Crippen molar-refractivity contribution in [2.24, 2.45) is 0 Å². The molecule has 0 aliphatic carbocycles. The Labute approximate surface area is 113 Å². The lowest BCUT2D eigenvalue weighted by atomic mass is 9.82. The molecule has 1 unspecified atom stereocenters. The van der Waals surface area contributed by atoms with Crippen molar-refractivity contribution >= 4 is 17.3 Å². The second-order valence-electron chi connectivity index (χ2n) is 5.36. The van der Waals surface area contributed by atoms with Gasteiger partial charge in [-0.25, -0.2) is 0 Å². The van der Waals surface area contributed by atoms with Crippen molar-refractivity contribution in [3.63, 3.8) is 0 Å². The van der Waals surface area contributed by atoms with E-state index in [1.54, 1.807) is 0 Å². The highest BCUT2D eigenvalue weighted by Gasteiger charge is 2.41. The number of nitrogens with zero attached hydrogens (tertiary/aromatic N) is 1. The molecule has 0 aromatic heterocycles. The molecule has 1 aliphatic heterocycles. The zero-order chi connectivity index (χ0) is 13.2. The van der Waals surface area contributed by atoms with Crippen LogP contribution in [-0.4, -0.2) is 17.7 Å². The number of ether oxygens (including phenoxy) is 1. The average molecular weight is 265 g/mol. The summed E-state index contributed by atoms with van der Waals surface area (Å²) in [5.74, 6) is 0. The second kappa shape index (κ2) is 4.79. The van der Waals surface area contributed by atoms with Gasteiger partial charge in [-0.3, -0.25) is 0 Å². The van der Waals surface area contributed by atoms with Crippen LogP contribution in [0.15, 0.2) is 24.3 Å². The van der Waals surface area contributed by atoms with Crippen LogP contribution < -0.4 is 5.32 Å². The Balaban J connectivity index is 2.18. The molecule has 0 amide bonds. The molecule has 3 nitrogen and oxygen atoms in total. The molecule has 0 saturated carbocycles.